The lowest BCUT2D eigenvalue weighted by atomic mass is 9.77. The van der Waals surface area contributed by atoms with E-state index < -0.39 is 102 Å². The number of carbonyl (C=O) groups excluding carboxylic acids is 2. The fraction of sp³-hybridized carbons (Fsp3) is 0.745. The molecule has 3 aromatic rings. The van der Waals surface area contributed by atoms with Gasteiger partial charge in [-0.2, -0.15) is 0 Å². The van der Waals surface area contributed by atoms with E-state index in [0.717, 1.165) is 16.8 Å². The summed E-state index contributed by atoms with van der Waals surface area (Å²) in [5.74, 6) is -2.77. The molecule has 5 heterocycles. The van der Waals surface area contributed by atoms with E-state index in [1.807, 2.05) is 75.1 Å². The molecule has 20 heteroatoms. The van der Waals surface area contributed by atoms with Crippen LogP contribution in [0.25, 0.3) is 11.1 Å². The molecule has 420 valence electrons. The number of ether oxygens (including phenoxy) is 6. The van der Waals surface area contributed by atoms with Crippen LogP contribution in [0.1, 0.15) is 124 Å². The summed E-state index contributed by atoms with van der Waals surface area (Å²) < 4.78 is 40.1. The second-order valence-electron chi connectivity index (χ2n) is 22.6. The van der Waals surface area contributed by atoms with Crippen LogP contribution >= 0.6 is 0 Å². The highest BCUT2D eigenvalue weighted by atomic mass is 16.7. The van der Waals surface area contributed by atoms with Crippen molar-refractivity contribution in [2.24, 2.45) is 17.8 Å². The van der Waals surface area contributed by atoms with Gasteiger partial charge in [-0.15, -0.1) is 5.10 Å². The van der Waals surface area contributed by atoms with Crippen molar-refractivity contribution in [3.8, 4) is 11.1 Å². The number of esters is 1. The normalized spacial score (nSPS) is 37.9. The quantitative estimate of drug-likeness (QED) is 0.0994. The Labute approximate surface area is 443 Å². The fourth-order valence-electron chi connectivity index (χ4n) is 11.5. The van der Waals surface area contributed by atoms with Crippen LogP contribution in [-0.2, 0) is 46.2 Å². The lowest BCUT2D eigenvalue weighted by molar-refractivity contribution is -0.318. The average Bonchev–Trinajstić information content (AvgIpc) is 3.84. The van der Waals surface area contributed by atoms with Crippen molar-refractivity contribution in [2.45, 2.75) is 211 Å². The Morgan fingerprint density at radius 2 is 1.61 bits per heavy atom. The van der Waals surface area contributed by atoms with Crippen LogP contribution in [0.2, 0.25) is 0 Å². The van der Waals surface area contributed by atoms with Crippen LogP contribution in [-0.4, -0.2) is 197 Å². The van der Waals surface area contributed by atoms with E-state index in [1.54, 1.807) is 58.6 Å². The maximum absolute atomic E-state index is 14.5. The third-order valence-corrected chi connectivity index (χ3v) is 16.3. The van der Waals surface area contributed by atoms with Gasteiger partial charge in [-0.3, -0.25) is 14.3 Å². The van der Waals surface area contributed by atoms with Gasteiger partial charge in [0.25, 0.3) is 0 Å². The number of cyclic esters (lactones) is 1. The number of hydrogen-bond donors (Lipinski definition) is 5. The van der Waals surface area contributed by atoms with Crippen molar-refractivity contribution in [1.29, 1.82) is 0 Å². The molecule has 0 saturated carbocycles. The number of aromatic nitrogens is 5. The van der Waals surface area contributed by atoms with Crippen molar-refractivity contribution in [3.63, 3.8) is 0 Å². The second kappa shape index (κ2) is 25.7. The van der Waals surface area contributed by atoms with Crippen LogP contribution in [0.4, 0.5) is 0 Å². The molecular weight excluding hydrogens is 967 g/mol. The lowest BCUT2D eigenvalue weighted by Gasteiger charge is -2.49. The maximum Gasteiger partial charge on any atom is 0.311 e. The zero-order chi connectivity index (χ0) is 55.2. The van der Waals surface area contributed by atoms with E-state index in [1.165, 1.54) is 20.4 Å². The van der Waals surface area contributed by atoms with Gasteiger partial charge in [0.05, 0.1) is 47.2 Å². The van der Waals surface area contributed by atoms with Gasteiger partial charge in [-0.25, -0.2) is 9.97 Å². The van der Waals surface area contributed by atoms with Gasteiger partial charge in [0.1, 0.15) is 36.3 Å². The average molecular weight is 1050 g/mol. The molecule has 0 unspecified atom stereocenters. The molecule has 3 fully saturated rings. The van der Waals surface area contributed by atoms with Gasteiger partial charge >= 0.3 is 5.97 Å². The second-order valence-corrected chi connectivity index (χ2v) is 22.6. The minimum atomic E-state index is -1.84. The molecule has 1 aromatic carbocycles. The largest absolute Gasteiger partial charge is 0.459 e. The molecule has 0 amide bonds. The van der Waals surface area contributed by atoms with E-state index >= 15 is 0 Å². The van der Waals surface area contributed by atoms with E-state index in [-0.39, 0.29) is 37.1 Å². The first-order chi connectivity index (χ1) is 35.3. The predicted octanol–water partition coefficient (Wildman–Crippen LogP) is 4.23. The molecule has 5 N–H and O–H groups in total. The molecule has 0 aliphatic carbocycles. The molecular formula is C55H87N7O13. The number of aryl methyl sites for hydroxylation is 1. The predicted molar refractivity (Wildman–Crippen MR) is 278 cm³/mol. The summed E-state index contributed by atoms with van der Waals surface area (Å²) in [4.78, 5) is 39.6. The standard InChI is InChI=1S/C55H87N7O13/c1-14-44-55(10,69)48(65)36(6)61(12)29-32(2)25-53(8,68)50(34(4)47(35(5)51(67)73-44)74-45-26-54(9,70-13)49(66)37(7)72-45)75-52-46(64)42(24-33(3)71-52)60(11)23-21-41-30-62(59-58-41)22-15-16-43(63)39-19-17-38(18-20-39)40-27-56-31-57-28-40/h17-20,27-28,30-37,42,44-50,52,64-66,68-69H,14-16,21-26,29H2,1-13H3/t32-,33-,34+,35-,36-,37+,42+,44-,45+,46-,47+,48-,49+,50-,52+,53-,54-,55-/m1/s1. The zero-order valence-corrected chi connectivity index (χ0v) is 46.5. The highest BCUT2D eigenvalue weighted by molar-refractivity contribution is 5.96. The number of benzene rings is 1. The number of ketones is 1. The number of Topliss-reactive ketones (excluding diaryl/α,β-unsaturated/α-hetero) is 1. The molecule has 3 aliphatic rings. The number of aliphatic hydroxyl groups is 5. The maximum atomic E-state index is 14.5. The summed E-state index contributed by atoms with van der Waals surface area (Å²) in [5.41, 5.74) is -1.35. The SMILES string of the molecule is CC[C@H]1OC(=O)[C@H](C)[C@@H](O[C@H]2C[C@@](C)(OC)[C@@H](O)[C@H](C)O2)[C@H](C)[C@@H](O[C@@H]2O[C@H](C)C[C@H](N(C)CCc3cn(CCCC(=O)c4ccc(-c5cncnc5)cc4)nn3)[C@H]2O)[C@](C)(O)C[C@@H](C)CN(C)[C@H](C)[C@@H](O)[C@]1(C)O. The summed E-state index contributed by atoms with van der Waals surface area (Å²) in [6, 6.07) is 6.41. The number of likely N-dealkylation sites (N-methyl/N-ethyl adjacent to an activating group) is 2. The van der Waals surface area contributed by atoms with Gasteiger partial charge in [0.15, 0.2) is 18.4 Å². The molecule has 3 aliphatic heterocycles. The first kappa shape index (κ1) is 60.3. The van der Waals surface area contributed by atoms with Crippen molar-refractivity contribution >= 4 is 11.8 Å². The first-order valence-corrected chi connectivity index (χ1v) is 26.8. The Morgan fingerprint density at radius 1 is 0.933 bits per heavy atom. The lowest BCUT2D eigenvalue weighted by Crippen LogP contribution is -2.61. The minimum Gasteiger partial charge on any atom is -0.459 e. The number of nitrogens with zero attached hydrogens (tertiary/aromatic N) is 7. The monoisotopic (exact) mass is 1050 g/mol. The van der Waals surface area contributed by atoms with Gasteiger partial charge in [-0.05, 0) is 99.7 Å². The smallest absolute Gasteiger partial charge is 0.311 e. The van der Waals surface area contributed by atoms with Crippen molar-refractivity contribution in [1.82, 2.24) is 34.8 Å². The zero-order valence-electron chi connectivity index (χ0n) is 46.5. The number of hydrogen-bond acceptors (Lipinski definition) is 19. The van der Waals surface area contributed by atoms with Crippen LogP contribution < -0.4 is 0 Å². The number of rotatable bonds is 16. The number of methoxy groups -OCH3 is 1. The van der Waals surface area contributed by atoms with Crippen LogP contribution in [0.5, 0.6) is 0 Å². The van der Waals surface area contributed by atoms with Crippen LogP contribution in [0.3, 0.4) is 0 Å². The van der Waals surface area contributed by atoms with E-state index in [2.05, 4.69) is 20.3 Å². The third kappa shape index (κ3) is 14.6. The summed E-state index contributed by atoms with van der Waals surface area (Å²) in [6.45, 7) is 19.0. The Balaban J connectivity index is 1.19. The Kier molecular flexibility index (Phi) is 20.7. The van der Waals surface area contributed by atoms with E-state index in [9.17, 15) is 35.1 Å². The summed E-state index contributed by atoms with van der Waals surface area (Å²) in [5, 5.41) is 68.5. The van der Waals surface area contributed by atoms with Gasteiger partial charge in [-0.1, -0.05) is 50.3 Å². The van der Waals surface area contributed by atoms with Crippen molar-refractivity contribution < 1.29 is 63.5 Å². The van der Waals surface area contributed by atoms with Crippen LogP contribution in [0.15, 0.2) is 49.2 Å². The van der Waals surface area contributed by atoms with Gasteiger partial charge in [0.2, 0.25) is 0 Å². The van der Waals surface area contributed by atoms with Crippen LogP contribution in [0, 0.1) is 17.8 Å². The molecule has 2 aromatic heterocycles. The molecule has 20 nitrogen and oxygen atoms in total. The van der Waals surface area contributed by atoms with E-state index in [4.69, 9.17) is 28.4 Å². The summed E-state index contributed by atoms with van der Waals surface area (Å²) >= 11 is 0. The molecule has 18 atom stereocenters. The molecule has 75 heavy (non-hydrogen) atoms. The topological polar surface area (TPSA) is 254 Å². The summed E-state index contributed by atoms with van der Waals surface area (Å²) in [7, 11) is 5.26. The number of aliphatic hydroxyl groups excluding tert-OH is 3. The van der Waals surface area contributed by atoms with Gasteiger partial charge < -0.3 is 63.8 Å². The van der Waals surface area contributed by atoms with Crippen molar-refractivity contribution in [2.75, 3.05) is 34.3 Å². The highest BCUT2D eigenvalue weighted by Gasteiger charge is 2.53. The van der Waals surface area contributed by atoms with Gasteiger partial charge in [0, 0.05) is 93.7 Å². The molecule has 0 bridgehead atoms. The van der Waals surface area contributed by atoms with Crippen molar-refractivity contribution in [3.05, 3.63) is 60.4 Å². The molecule has 3 saturated heterocycles. The number of carbonyl (C=O) groups is 2. The summed E-state index contributed by atoms with van der Waals surface area (Å²) in [6.07, 6.45) is -0.907. The first-order valence-electron chi connectivity index (χ1n) is 26.8. The molecule has 0 spiro atoms. The Bertz CT molecular complexity index is 2270. The molecule has 0 radical (unpaired) electrons. The fourth-order valence-corrected chi connectivity index (χ4v) is 11.5. The minimum absolute atomic E-state index is 0.0392. The third-order valence-electron chi connectivity index (χ3n) is 16.3. The highest BCUT2D eigenvalue weighted by Crippen LogP contribution is 2.40. The van der Waals surface area contributed by atoms with E-state index in [0.29, 0.717) is 50.9 Å². The molecule has 6 rings (SSSR count). The Morgan fingerprint density at radius 3 is 2.27 bits per heavy atom. The Hall–Kier alpha value is -3.90.